The summed E-state index contributed by atoms with van der Waals surface area (Å²) in [5.41, 5.74) is 8.90. The summed E-state index contributed by atoms with van der Waals surface area (Å²) in [6.07, 6.45) is -11.8. The zero-order valence-electron chi connectivity index (χ0n) is 18.7. The molecule has 15 heteroatoms. The summed E-state index contributed by atoms with van der Waals surface area (Å²) in [6, 6.07) is 5.26. The van der Waals surface area contributed by atoms with Gasteiger partial charge < -0.3 is 23.7 Å². The number of aliphatic imine (C=N–C) groups is 1. The van der Waals surface area contributed by atoms with E-state index in [1.807, 2.05) is 0 Å². The van der Waals surface area contributed by atoms with Crippen molar-refractivity contribution in [2.75, 3.05) is 6.61 Å². The Hall–Kier alpha value is -3.84. The van der Waals surface area contributed by atoms with Crippen molar-refractivity contribution < 1.29 is 51.2 Å². The number of alkyl halides is 3. The molecule has 1 aromatic rings. The number of halogens is 3. The molecule has 0 aliphatic carbocycles. The average Bonchev–Trinajstić information content (AvgIpc) is 2.75. The van der Waals surface area contributed by atoms with Gasteiger partial charge in [0, 0.05) is 25.7 Å². The highest BCUT2D eigenvalue weighted by molar-refractivity contribution is 5.84. The first-order chi connectivity index (χ1) is 16.4. The molecule has 0 N–H and O–H groups in total. The highest BCUT2D eigenvalue weighted by atomic mass is 19.4. The van der Waals surface area contributed by atoms with E-state index in [9.17, 15) is 27.6 Å². The fraction of sp³-hybridized carbons (Fsp3) is 0.500. The van der Waals surface area contributed by atoms with E-state index in [1.165, 1.54) is 24.3 Å². The van der Waals surface area contributed by atoms with Gasteiger partial charge >= 0.3 is 24.1 Å². The van der Waals surface area contributed by atoms with Crippen molar-refractivity contribution in [2.24, 2.45) is 10.1 Å². The summed E-state index contributed by atoms with van der Waals surface area (Å²) in [6.45, 7) is 2.42. The molecule has 0 saturated carbocycles. The van der Waals surface area contributed by atoms with Gasteiger partial charge in [-0.25, -0.2) is 4.99 Å². The molecule has 0 aromatic heterocycles. The summed E-state index contributed by atoms with van der Waals surface area (Å²) in [5, 5.41) is 3.36. The first-order valence-corrected chi connectivity index (χ1v) is 9.97. The molecule has 1 aliphatic heterocycles. The minimum atomic E-state index is -5.12. The molecule has 0 unspecified atom stereocenters. The molecule has 1 aromatic carbocycles. The third kappa shape index (κ3) is 8.15. The molecular weight excluding hydrogens is 481 g/mol. The molecule has 12 nitrogen and oxygen atoms in total. The predicted octanol–water partition coefficient (Wildman–Crippen LogP) is 3.13. The minimum absolute atomic E-state index is 0.109. The van der Waals surface area contributed by atoms with E-state index in [1.54, 1.807) is 6.07 Å². The highest BCUT2D eigenvalue weighted by Gasteiger charge is 2.53. The molecule has 0 spiro atoms. The van der Waals surface area contributed by atoms with Gasteiger partial charge in [0.05, 0.1) is 5.69 Å². The maximum Gasteiger partial charge on any atom is 0.468 e. The van der Waals surface area contributed by atoms with Gasteiger partial charge in [-0.05, 0) is 17.7 Å². The number of azide groups is 1. The molecule has 5 atom stereocenters. The molecule has 0 amide bonds. The van der Waals surface area contributed by atoms with Crippen LogP contribution < -0.4 is 0 Å². The third-order valence-corrected chi connectivity index (χ3v) is 4.31. The number of benzene rings is 1. The predicted molar refractivity (Wildman–Crippen MR) is 110 cm³/mol. The van der Waals surface area contributed by atoms with Crippen molar-refractivity contribution in [2.45, 2.75) is 57.6 Å². The van der Waals surface area contributed by atoms with Crippen LogP contribution in [0.3, 0.4) is 0 Å². The lowest BCUT2D eigenvalue weighted by Crippen LogP contribution is -2.61. The zero-order chi connectivity index (χ0) is 26.2. The molecule has 0 radical (unpaired) electrons. The van der Waals surface area contributed by atoms with Crippen molar-refractivity contribution in [3.63, 3.8) is 0 Å². The van der Waals surface area contributed by atoms with Crippen LogP contribution in [-0.2, 0) is 38.1 Å². The zero-order valence-corrected chi connectivity index (χ0v) is 18.7. The molecule has 1 heterocycles. The number of ether oxygens (including phenoxy) is 5. The second-order valence-electron chi connectivity index (χ2n) is 7.06. The van der Waals surface area contributed by atoms with Gasteiger partial charge in [-0.15, -0.1) is 0 Å². The first kappa shape index (κ1) is 27.4. The fourth-order valence-electron chi connectivity index (χ4n) is 3.05. The van der Waals surface area contributed by atoms with Crippen molar-refractivity contribution in [3.8, 4) is 0 Å². The largest absolute Gasteiger partial charge is 0.468 e. The van der Waals surface area contributed by atoms with Gasteiger partial charge in [0.25, 0.3) is 5.90 Å². The molecule has 35 heavy (non-hydrogen) atoms. The molecule has 190 valence electrons. The van der Waals surface area contributed by atoms with Crippen molar-refractivity contribution in [1.29, 1.82) is 0 Å². The van der Waals surface area contributed by atoms with E-state index >= 15 is 0 Å². The lowest BCUT2D eigenvalue weighted by Gasteiger charge is -2.43. The standard InChI is InChI=1S/C20H21F3N4O8/c1-10(28)31-9-14-16(32-11(2)29)17(33-12(3)30)15(26-27-24)18(34-14)35-19(20(21,22)23)25-13-7-5-4-6-8-13/h4-8,14-18H,9H2,1-3H3/t14-,15-,16-,17-,18-/m1/s1. The summed E-state index contributed by atoms with van der Waals surface area (Å²) in [5.74, 6) is -4.36. The Morgan fingerprint density at radius 2 is 1.60 bits per heavy atom. The van der Waals surface area contributed by atoms with Crippen molar-refractivity contribution in [3.05, 3.63) is 40.8 Å². The van der Waals surface area contributed by atoms with E-state index in [4.69, 9.17) is 29.2 Å². The van der Waals surface area contributed by atoms with E-state index in [-0.39, 0.29) is 5.69 Å². The van der Waals surface area contributed by atoms with Gasteiger partial charge in [0.2, 0.25) is 6.29 Å². The second-order valence-corrected chi connectivity index (χ2v) is 7.06. The van der Waals surface area contributed by atoms with Crippen molar-refractivity contribution >= 4 is 29.5 Å². The summed E-state index contributed by atoms with van der Waals surface area (Å²) < 4.78 is 66.8. The molecule has 2 rings (SSSR count). The number of rotatable bonds is 7. The lowest BCUT2D eigenvalue weighted by molar-refractivity contribution is -0.260. The Morgan fingerprint density at radius 1 is 1.00 bits per heavy atom. The van der Waals surface area contributed by atoms with Gasteiger partial charge in [0.1, 0.15) is 18.8 Å². The number of hydrogen-bond acceptors (Lipinski definition) is 10. The fourth-order valence-corrected chi connectivity index (χ4v) is 3.05. The first-order valence-electron chi connectivity index (χ1n) is 9.97. The van der Waals surface area contributed by atoms with E-state index < -0.39 is 67.2 Å². The Morgan fingerprint density at radius 3 is 2.11 bits per heavy atom. The lowest BCUT2D eigenvalue weighted by atomic mass is 9.97. The average molecular weight is 502 g/mol. The van der Waals surface area contributed by atoms with Crippen LogP contribution >= 0.6 is 0 Å². The SMILES string of the molecule is CC(=O)OC[C@H]1O[C@H](OC(=Nc2ccccc2)C(F)(F)F)[C@H](N=[N+]=[N-])[C@@H](OC(C)=O)[C@@H]1OC(C)=O. The monoisotopic (exact) mass is 502 g/mol. The van der Waals surface area contributed by atoms with Crippen LogP contribution in [0.2, 0.25) is 0 Å². The summed E-state index contributed by atoms with van der Waals surface area (Å²) in [4.78, 5) is 40.7. The molecular formula is C20H21F3N4O8. The molecule has 1 aliphatic rings. The number of esters is 3. The quantitative estimate of drug-likeness (QED) is 0.105. The van der Waals surface area contributed by atoms with Crippen LogP contribution in [0.4, 0.5) is 18.9 Å². The van der Waals surface area contributed by atoms with Crippen LogP contribution in [-0.4, -0.2) is 67.2 Å². The Kier molecular flexibility index (Phi) is 9.42. The van der Waals surface area contributed by atoms with Gasteiger partial charge in [-0.1, -0.05) is 23.3 Å². The number of carbonyl (C=O) groups excluding carboxylic acids is 3. The summed E-state index contributed by atoms with van der Waals surface area (Å²) >= 11 is 0. The van der Waals surface area contributed by atoms with Crippen LogP contribution in [0.1, 0.15) is 20.8 Å². The highest BCUT2D eigenvalue weighted by Crippen LogP contribution is 2.32. The maximum atomic E-state index is 13.7. The van der Waals surface area contributed by atoms with Gasteiger partial charge in [-0.3, -0.25) is 14.4 Å². The minimum Gasteiger partial charge on any atom is -0.463 e. The Bertz CT molecular complexity index is 998. The number of nitrogens with zero attached hydrogens (tertiary/aromatic N) is 4. The number of hydrogen-bond donors (Lipinski definition) is 0. The van der Waals surface area contributed by atoms with Gasteiger partial charge in [0.15, 0.2) is 12.2 Å². The Labute approximate surface area is 196 Å². The van der Waals surface area contributed by atoms with Crippen LogP contribution in [0.25, 0.3) is 10.4 Å². The van der Waals surface area contributed by atoms with Crippen LogP contribution in [0, 0.1) is 0 Å². The summed E-state index contributed by atoms with van der Waals surface area (Å²) in [7, 11) is 0. The van der Waals surface area contributed by atoms with E-state index in [0.29, 0.717) is 0 Å². The number of carbonyl (C=O) groups is 3. The molecule has 0 bridgehead atoms. The Balaban J connectivity index is 2.54. The van der Waals surface area contributed by atoms with Crippen molar-refractivity contribution in [1.82, 2.24) is 0 Å². The normalized spacial score (nSPS) is 24.5. The molecule has 1 fully saturated rings. The maximum absolute atomic E-state index is 13.7. The third-order valence-electron chi connectivity index (χ3n) is 4.31. The second kappa shape index (κ2) is 12.0. The molecule has 1 saturated heterocycles. The van der Waals surface area contributed by atoms with E-state index in [0.717, 1.165) is 20.8 Å². The van der Waals surface area contributed by atoms with Crippen LogP contribution in [0.15, 0.2) is 40.4 Å². The smallest absolute Gasteiger partial charge is 0.463 e. The topological polar surface area (TPSA) is 158 Å². The van der Waals surface area contributed by atoms with E-state index in [2.05, 4.69) is 15.0 Å². The number of para-hydroxylation sites is 1. The van der Waals surface area contributed by atoms with Gasteiger partial charge in [-0.2, -0.15) is 13.2 Å². The van der Waals surface area contributed by atoms with Crippen LogP contribution in [0.5, 0.6) is 0 Å².